The largest absolute Gasteiger partial charge is 0.385 e. The van der Waals surface area contributed by atoms with Gasteiger partial charge in [-0.25, -0.2) is 8.78 Å². The number of halogens is 2. The maximum absolute atomic E-state index is 14.0. The summed E-state index contributed by atoms with van der Waals surface area (Å²) >= 11 is 0. The normalized spacial score (nSPS) is 17.2. The van der Waals surface area contributed by atoms with Crippen LogP contribution in [0, 0.1) is 11.6 Å². The molecule has 0 amide bonds. The molecule has 1 heterocycles. The van der Waals surface area contributed by atoms with Crippen molar-refractivity contribution in [3.05, 3.63) is 71.3 Å². The molecule has 2 aromatic carbocycles. The number of hydrogen-bond donors (Lipinski definition) is 1. The molecular weight excluding hydrogens is 336 g/mol. The third-order valence-electron chi connectivity index (χ3n) is 5.10. The van der Waals surface area contributed by atoms with Gasteiger partial charge in [0.1, 0.15) is 11.6 Å². The van der Waals surface area contributed by atoms with E-state index >= 15 is 0 Å². The minimum absolute atomic E-state index is 0.00451. The fourth-order valence-corrected chi connectivity index (χ4v) is 3.50. The van der Waals surface area contributed by atoms with Gasteiger partial charge in [-0.15, -0.1) is 0 Å². The summed E-state index contributed by atoms with van der Waals surface area (Å²) in [6.45, 7) is 2.07. The van der Waals surface area contributed by atoms with Gasteiger partial charge in [-0.2, -0.15) is 0 Å². The summed E-state index contributed by atoms with van der Waals surface area (Å²) in [7, 11) is 0. The summed E-state index contributed by atoms with van der Waals surface area (Å²) in [5.41, 5.74) is -0.226. The molecule has 3 nitrogen and oxygen atoms in total. The first-order valence-electron chi connectivity index (χ1n) is 8.96. The molecule has 0 bridgehead atoms. The number of aliphatic hydroxyl groups is 1. The second-order valence-corrected chi connectivity index (χ2v) is 6.89. The van der Waals surface area contributed by atoms with Crippen molar-refractivity contribution in [3.8, 4) is 0 Å². The molecule has 0 atom stereocenters. The topological polar surface area (TPSA) is 40.5 Å². The van der Waals surface area contributed by atoms with Crippen molar-refractivity contribution in [1.29, 1.82) is 0 Å². The zero-order valence-electron chi connectivity index (χ0n) is 14.6. The highest BCUT2D eigenvalue weighted by Gasteiger charge is 2.35. The molecule has 0 aliphatic carbocycles. The van der Waals surface area contributed by atoms with Gasteiger partial charge < -0.3 is 10.0 Å². The molecule has 2 aromatic rings. The fourth-order valence-electron chi connectivity index (χ4n) is 3.50. The van der Waals surface area contributed by atoms with Gasteiger partial charge >= 0.3 is 0 Å². The molecule has 26 heavy (non-hydrogen) atoms. The third-order valence-corrected chi connectivity index (χ3v) is 5.10. The minimum Gasteiger partial charge on any atom is -0.385 e. The van der Waals surface area contributed by atoms with Crippen LogP contribution in [0.2, 0.25) is 0 Å². The average molecular weight is 359 g/mol. The maximum atomic E-state index is 14.0. The second-order valence-electron chi connectivity index (χ2n) is 6.89. The van der Waals surface area contributed by atoms with Crippen LogP contribution in [0.25, 0.3) is 0 Å². The number of carbonyl (C=O) groups is 1. The molecule has 5 heteroatoms. The molecule has 0 saturated carbocycles. The minimum atomic E-state index is -1.12. The summed E-state index contributed by atoms with van der Waals surface area (Å²) in [5.74, 6) is -0.713. The smallest absolute Gasteiger partial charge is 0.162 e. The van der Waals surface area contributed by atoms with Crippen LogP contribution in [-0.4, -0.2) is 35.4 Å². The summed E-state index contributed by atoms with van der Waals surface area (Å²) < 4.78 is 26.9. The van der Waals surface area contributed by atoms with E-state index in [9.17, 15) is 18.7 Å². The van der Waals surface area contributed by atoms with Crippen molar-refractivity contribution in [2.24, 2.45) is 0 Å². The molecule has 1 aliphatic heterocycles. The number of hydrogen-bond acceptors (Lipinski definition) is 3. The van der Waals surface area contributed by atoms with Crippen LogP contribution in [0.5, 0.6) is 0 Å². The van der Waals surface area contributed by atoms with E-state index in [2.05, 4.69) is 4.90 Å². The van der Waals surface area contributed by atoms with E-state index in [1.807, 2.05) is 0 Å². The zero-order valence-corrected chi connectivity index (χ0v) is 14.6. The Morgan fingerprint density at radius 1 is 1.04 bits per heavy atom. The highest BCUT2D eigenvalue weighted by atomic mass is 19.1. The quantitative estimate of drug-likeness (QED) is 0.795. The molecule has 0 spiro atoms. The lowest BCUT2D eigenvalue weighted by molar-refractivity contribution is -0.0286. The number of rotatable bonds is 6. The lowest BCUT2D eigenvalue weighted by atomic mass is 9.84. The summed E-state index contributed by atoms with van der Waals surface area (Å²) in [5, 5.41) is 10.8. The molecule has 1 fully saturated rings. The molecular formula is C21H23F2NO2. The van der Waals surface area contributed by atoms with Crippen molar-refractivity contribution in [3.63, 3.8) is 0 Å². The van der Waals surface area contributed by atoms with E-state index in [-0.39, 0.29) is 17.4 Å². The van der Waals surface area contributed by atoms with E-state index in [4.69, 9.17) is 0 Å². The molecule has 1 N–H and O–H groups in total. The van der Waals surface area contributed by atoms with Crippen LogP contribution in [0.1, 0.15) is 41.6 Å². The molecule has 0 unspecified atom stereocenters. The summed E-state index contributed by atoms with van der Waals surface area (Å²) in [4.78, 5) is 14.3. The van der Waals surface area contributed by atoms with Crippen LogP contribution < -0.4 is 0 Å². The van der Waals surface area contributed by atoms with Crippen molar-refractivity contribution in [2.45, 2.75) is 31.3 Å². The Morgan fingerprint density at radius 3 is 2.35 bits per heavy atom. The number of piperidine rings is 1. The maximum Gasteiger partial charge on any atom is 0.162 e. The van der Waals surface area contributed by atoms with Gasteiger partial charge in [0.15, 0.2) is 5.78 Å². The van der Waals surface area contributed by atoms with E-state index < -0.39 is 5.60 Å². The molecule has 0 radical (unpaired) electrons. The molecule has 1 aliphatic rings. The Bertz CT molecular complexity index is 753. The first kappa shape index (κ1) is 18.7. The van der Waals surface area contributed by atoms with Crippen molar-refractivity contribution < 1.29 is 18.7 Å². The van der Waals surface area contributed by atoms with Crippen LogP contribution in [0.4, 0.5) is 8.78 Å². The van der Waals surface area contributed by atoms with Gasteiger partial charge in [0.2, 0.25) is 0 Å². The number of nitrogens with zero attached hydrogens (tertiary/aromatic N) is 1. The lowest BCUT2D eigenvalue weighted by Gasteiger charge is -2.38. The Labute approximate surface area is 152 Å². The van der Waals surface area contributed by atoms with E-state index in [0.29, 0.717) is 49.9 Å². The molecule has 3 rings (SSSR count). The van der Waals surface area contributed by atoms with Gasteiger partial charge in [-0.3, -0.25) is 4.79 Å². The van der Waals surface area contributed by atoms with Gasteiger partial charge in [-0.05, 0) is 56.1 Å². The summed E-state index contributed by atoms with van der Waals surface area (Å²) in [6.07, 6.45) is 2.05. The molecule has 0 aromatic heterocycles. The number of ketones is 1. The van der Waals surface area contributed by atoms with Crippen LogP contribution in [-0.2, 0) is 5.60 Å². The zero-order chi connectivity index (χ0) is 18.6. The van der Waals surface area contributed by atoms with Gasteiger partial charge in [0, 0.05) is 30.6 Å². The van der Waals surface area contributed by atoms with E-state index in [1.54, 1.807) is 18.2 Å². The lowest BCUT2D eigenvalue weighted by Crippen LogP contribution is -2.43. The van der Waals surface area contributed by atoms with E-state index in [1.165, 1.54) is 30.3 Å². The predicted molar refractivity (Wildman–Crippen MR) is 95.9 cm³/mol. The van der Waals surface area contributed by atoms with Gasteiger partial charge in [-0.1, -0.05) is 18.2 Å². The Balaban J connectivity index is 1.46. The highest BCUT2D eigenvalue weighted by molar-refractivity contribution is 5.95. The SMILES string of the molecule is O=C(CCCN1CCC(O)(c2ccccc2F)CC1)c1ccc(F)cc1. The monoisotopic (exact) mass is 359 g/mol. The Morgan fingerprint density at radius 2 is 1.69 bits per heavy atom. The summed E-state index contributed by atoms with van der Waals surface area (Å²) in [6, 6.07) is 12.0. The molecule has 1 saturated heterocycles. The van der Waals surface area contributed by atoms with Crippen LogP contribution >= 0.6 is 0 Å². The number of carbonyl (C=O) groups excluding carboxylic acids is 1. The second kappa shape index (κ2) is 8.06. The van der Waals surface area contributed by atoms with Crippen molar-refractivity contribution in [2.75, 3.05) is 19.6 Å². The number of Topliss-reactive ketones (excluding diaryl/α,β-unsaturated/α-hetero) is 1. The van der Waals surface area contributed by atoms with Crippen molar-refractivity contribution >= 4 is 5.78 Å². The van der Waals surface area contributed by atoms with Crippen LogP contribution in [0.15, 0.2) is 48.5 Å². The van der Waals surface area contributed by atoms with E-state index in [0.717, 1.165) is 6.54 Å². The molecule has 138 valence electrons. The van der Waals surface area contributed by atoms with Gasteiger partial charge in [0.25, 0.3) is 0 Å². The standard InChI is InChI=1S/C21H23F2NO2/c22-17-9-7-16(8-10-17)20(25)6-3-13-24-14-11-21(26,12-15-24)18-4-1-2-5-19(18)23/h1-2,4-5,7-10,26H,3,6,11-15H2. The third kappa shape index (κ3) is 4.34. The van der Waals surface area contributed by atoms with Crippen molar-refractivity contribution in [1.82, 2.24) is 4.90 Å². The Kier molecular flexibility index (Phi) is 5.79. The number of benzene rings is 2. The predicted octanol–water partition coefficient (Wildman–Crippen LogP) is 3.91. The first-order valence-corrected chi connectivity index (χ1v) is 8.96. The van der Waals surface area contributed by atoms with Gasteiger partial charge in [0.05, 0.1) is 5.60 Å². The number of likely N-dealkylation sites (tertiary alicyclic amines) is 1. The first-order chi connectivity index (χ1) is 12.5. The average Bonchev–Trinajstić information content (AvgIpc) is 2.64. The Hall–Kier alpha value is -2.11. The highest BCUT2D eigenvalue weighted by Crippen LogP contribution is 2.34. The van der Waals surface area contributed by atoms with Crippen LogP contribution in [0.3, 0.4) is 0 Å². The fraction of sp³-hybridized carbons (Fsp3) is 0.381.